The van der Waals surface area contributed by atoms with Crippen LogP contribution < -0.4 is 15.8 Å². The largest absolute Gasteiger partial charge is 0.369 e. The minimum absolute atomic E-state index is 0.196. The third kappa shape index (κ3) is 5.03. The van der Waals surface area contributed by atoms with Crippen LogP contribution in [0.25, 0.3) is 0 Å². The van der Waals surface area contributed by atoms with Crippen molar-refractivity contribution in [2.75, 3.05) is 37.6 Å². The maximum Gasteiger partial charge on any atom is 0.269 e. The zero-order valence-corrected chi connectivity index (χ0v) is 14.6. The monoisotopic (exact) mass is 353 g/mol. The van der Waals surface area contributed by atoms with Gasteiger partial charge in [-0.1, -0.05) is 18.2 Å². The van der Waals surface area contributed by atoms with E-state index in [0.29, 0.717) is 18.5 Å². The van der Waals surface area contributed by atoms with Gasteiger partial charge in [0.1, 0.15) is 0 Å². The van der Waals surface area contributed by atoms with Gasteiger partial charge in [0.15, 0.2) is 0 Å². The van der Waals surface area contributed by atoms with Gasteiger partial charge in [-0.3, -0.25) is 30.3 Å². The molecule has 2 aromatic rings. The zero-order chi connectivity index (χ0) is 18.2. The van der Waals surface area contributed by atoms with E-state index in [2.05, 4.69) is 37.8 Å². The number of rotatable bonds is 5. The number of benzene rings is 1. The molecular formula is C19H23N5O2. The summed E-state index contributed by atoms with van der Waals surface area (Å²) in [4.78, 5) is 32.3. The second-order valence-corrected chi connectivity index (χ2v) is 6.15. The Kier molecular flexibility index (Phi) is 6.16. The average Bonchev–Trinajstić information content (AvgIpc) is 2.72. The molecule has 0 unspecified atom stereocenters. The van der Waals surface area contributed by atoms with Crippen molar-refractivity contribution in [1.82, 2.24) is 20.7 Å². The highest BCUT2D eigenvalue weighted by molar-refractivity contribution is 5.95. The van der Waals surface area contributed by atoms with Crippen LogP contribution >= 0.6 is 0 Å². The molecule has 0 radical (unpaired) electrons. The number of hydrogen-bond donors (Lipinski definition) is 2. The predicted octanol–water partition coefficient (Wildman–Crippen LogP) is 1.05. The van der Waals surface area contributed by atoms with Gasteiger partial charge in [-0.25, -0.2) is 0 Å². The van der Waals surface area contributed by atoms with Crippen LogP contribution in [0.4, 0.5) is 5.69 Å². The van der Waals surface area contributed by atoms with Gasteiger partial charge >= 0.3 is 0 Å². The number of amides is 2. The molecule has 1 aliphatic rings. The van der Waals surface area contributed by atoms with Gasteiger partial charge in [0.2, 0.25) is 5.91 Å². The molecule has 0 aliphatic carbocycles. The topological polar surface area (TPSA) is 77.6 Å². The molecule has 0 bridgehead atoms. The fourth-order valence-electron chi connectivity index (χ4n) is 2.89. The molecule has 0 spiro atoms. The SMILES string of the molecule is O=C(CCN1CCN(c2ccccc2)CC1)NNC(=O)c1ccncc1. The predicted molar refractivity (Wildman–Crippen MR) is 99.6 cm³/mol. The van der Waals surface area contributed by atoms with E-state index >= 15 is 0 Å². The molecule has 3 rings (SSSR count). The first-order chi connectivity index (χ1) is 12.7. The van der Waals surface area contributed by atoms with Crippen LogP contribution in [0.5, 0.6) is 0 Å². The summed E-state index contributed by atoms with van der Waals surface area (Å²) in [6, 6.07) is 13.5. The highest BCUT2D eigenvalue weighted by Crippen LogP contribution is 2.15. The molecule has 2 N–H and O–H groups in total. The van der Waals surface area contributed by atoms with Crippen LogP contribution in [-0.2, 0) is 4.79 Å². The first-order valence-corrected chi connectivity index (χ1v) is 8.74. The van der Waals surface area contributed by atoms with Crippen molar-refractivity contribution in [3.05, 3.63) is 60.4 Å². The summed E-state index contributed by atoms with van der Waals surface area (Å²) in [7, 11) is 0. The van der Waals surface area contributed by atoms with Crippen molar-refractivity contribution in [3.8, 4) is 0 Å². The molecule has 0 atom stereocenters. The fraction of sp³-hybridized carbons (Fsp3) is 0.316. The number of nitrogens with zero attached hydrogens (tertiary/aromatic N) is 3. The molecule has 1 aromatic heterocycles. The summed E-state index contributed by atoms with van der Waals surface area (Å²) in [6.07, 6.45) is 3.42. The van der Waals surface area contributed by atoms with Crippen LogP contribution in [0, 0.1) is 0 Å². The maximum atomic E-state index is 11.9. The van der Waals surface area contributed by atoms with Crippen molar-refractivity contribution in [2.45, 2.75) is 6.42 Å². The summed E-state index contributed by atoms with van der Waals surface area (Å²) in [5, 5.41) is 0. The molecule has 2 amide bonds. The Morgan fingerprint density at radius 3 is 2.31 bits per heavy atom. The van der Waals surface area contributed by atoms with E-state index in [1.807, 2.05) is 18.2 Å². The Labute approximate surface area is 153 Å². The number of pyridine rings is 1. The van der Waals surface area contributed by atoms with E-state index in [1.54, 1.807) is 12.1 Å². The molecule has 136 valence electrons. The lowest BCUT2D eigenvalue weighted by Gasteiger charge is -2.36. The highest BCUT2D eigenvalue weighted by atomic mass is 16.2. The minimum atomic E-state index is -0.350. The second-order valence-electron chi connectivity index (χ2n) is 6.15. The van der Waals surface area contributed by atoms with E-state index in [-0.39, 0.29) is 11.8 Å². The smallest absolute Gasteiger partial charge is 0.269 e. The van der Waals surface area contributed by atoms with Crippen molar-refractivity contribution < 1.29 is 9.59 Å². The standard InChI is InChI=1S/C19H23N5O2/c25-18(21-22-19(26)16-6-9-20-10-7-16)8-11-23-12-14-24(15-13-23)17-4-2-1-3-5-17/h1-7,9-10H,8,11-15H2,(H,21,25)(H,22,26). The van der Waals surface area contributed by atoms with Crippen molar-refractivity contribution in [1.29, 1.82) is 0 Å². The Morgan fingerprint density at radius 1 is 0.923 bits per heavy atom. The van der Waals surface area contributed by atoms with Gasteiger partial charge in [0, 0.05) is 62.8 Å². The lowest BCUT2D eigenvalue weighted by molar-refractivity contribution is -0.122. The first-order valence-electron chi connectivity index (χ1n) is 8.74. The number of anilines is 1. The molecule has 1 aromatic carbocycles. The number of aromatic nitrogens is 1. The number of nitrogens with one attached hydrogen (secondary N) is 2. The minimum Gasteiger partial charge on any atom is -0.369 e. The molecule has 0 saturated carbocycles. The Bertz CT molecular complexity index is 715. The lowest BCUT2D eigenvalue weighted by Crippen LogP contribution is -2.48. The van der Waals surface area contributed by atoms with Crippen LogP contribution in [0.3, 0.4) is 0 Å². The summed E-state index contributed by atoms with van der Waals surface area (Å²) in [6.45, 7) is 4.42. The van der Waals surface area contributed by atoms with Crippen molar-refractivity contribution in [2.24, 2.45) is 0 Å². The number of hydrazine groups is 1. The van der Waals surface area contributed by atoms with Crippen LogP contribution in [0.1, 0.15) is 16.8 Å². The van der Waals surface area contributed by atoms with Gasteiger partial charge < -0.3 is 4.90 Å². The summed E-state index contributed by atoms with van der Waals surface area (Å²) < 4.78 is 0. The van der Waals surface area contributed by atoms with Gasteiger partial charge in [-0.05, 0) is 24.3 Å². The summed E-state index contributed by atoms with van der Waals surface area (Å²) in [5.74, 6) is -0.546. The molecule has 7 nitrogen and oxygen atoms in total. The van der Waals surface area contributed by atoms with Crippen molar-refractivity contribution >= 4 is 17.5 Å². The Balaban J connectivity index is 1.35. The molecule has 1 saturated heterocycles. The lowest BCUT2D eigenvalue weighted by atomic mass is 10.2. The molecule has 26 heavy (non-hydrogen) atoms. The number of para-hydroxylation sites is 1. The second kappa shape index (κ2) is 8.96. The first kappa shape index (κ1) is 17.9. The van der Waals surface area contributed by atoms with E-state index in [4.69, 9.17) is 0 Å². The van der Waals surface area contributed by atoms with Gasteiger partial charge in [0.25, 0.3) is 5.91 Å². The van der Waals surface area contributed by atoms with E-state index in [0.717, 1.165) is 26.2 Å². The quantitative estimate of drug-likeness (QED) is 0.786. The molecule has 7 heteroatoms. The fourth-order valence-corrected chi connectivity index (χ4v) is 2.89. The molecule has 2 heterocycles. The summed E-state index contributed by atoms with van der Waals surface area (Å²) >= 11 is 0. The molecular weight excluding hydrogens is 330 g/mol. The van der Waals surface area contributed by atoms with Crippen LogP contribution in [0.15, 0.2) is 54.9 Å². The third-order valence-corrected chi connectivity index (χ3v) is 4.41. The van der Waals surface area contributed by atoms with Gasteiger partial charge in [0.05, 0.1) is 0 Å². The van der Waals surface area contributed by atoms with Gasteiger partial charge in [-0.2, -0.15) is 0 Å². The molecule has 1 fully saturated rings. The zero-order valence-electron chi connectivity index (χ0n) is 14.6. The summed E-state index contributed by atoms with van der Waals surface area (Å²) in [5.41, 5.74) is 6.58. The number of carbonyl (C=O) groups excluding carboxylic acids is 2. The maximum absolute atomic E-state index is 11.9. The number of hydrogen-bond acceptors (Lipinski definition) is 5. The normalized spacial score (nSPS) is 14.7. The Hall–Kier alpha value is -2.93. The highest BCUT2D eigenvalue weighted by Gasteiger charge is 2.17. The van der Waals surface area contributed by atoms with Crippen LogP contribution in [-0.4, -0.2) is 54.4 Å². The van der Waals surface area contributed by atoms with E-state index in [9.17, 15) is 9.59 Å². The average molecular weight is 353 g/mol. The third-order valence-electron chi connectivity index (χ3n) is 4.41. The van der Waals surface area contributed by atoms with E-state index in [1.165, 1.54) is 18.1 Å². The van der Waals surface area contributed by atoms with Crippen LogP contribution in [0.2, 0.25) is 0 Å². The number of carbonyl (C=O) groups is 2. The molecule has 1 aliphatic heterocycles. The van der Waals surface area contributed by atoms with Crippen molar-refractivity contribution in [3.63, 3.8) is 0 Å². The Morgan fingerprint density at radius 2 is 1.62 bits per heavy atom. The van der Waals surface area contributed by atoms with Gasteiger partial charge in [-0.15, -0.1) is 0 Å². The van der Waals surface area contributed by atoms with E-state index < -0.39 is 0 Å². The number of piperazine rings is 1.